The topological polar surface area (TPSA) is 98.7 Å². The lowest BCUT2D eigenvalue weighted by atomic mass is 10.2. The number of hydrogen-bond acceptors (Lipinski definition) is 6. The van der Waals surface area contributed by atoms with Gasteiger partial charge in [0.2, 0.25) is 5.91 Å². The molecular weight excluding hydrogens is 334 g/mol. The van der Waals surface area contributed by atoms with Crippen LogP contribution in [-0.4, -0.2) is 41.7 Å². The Kier molecular flexibility index (Phi) is 7.68. The van der Waals surface area contributed by atoms with Gasteiger partial charge >= 0.3 is 0 Å². The molecule has 0 radical (unpaired) electrons. The Balaban J connectivity index is 1.90. The lowest BCUT2D eigenvalue weighted by Crippen LogP contribution is -2.35. The van der Waals surface area contributed by atoms with Crippen LogP contribution < -0.4 is 10.1 Å². The van der Waals surface area contributed by atoms with Crippen molar-refractivity contribution in [2.45, 2.75) is 26.0 Å². The molecule has 1 amide bonds. The first-order valence-corrected chi connectivity index (χ1v) is 8.37. The molecule has 0 bridgehead atoms. The predicted molar refractivity (Wildman–Crippen MR) is 96.5 cm³/mol. The number of nitrogens with zero attached hydrogens (tertiary/aromatic N) is 2. The van der Waals surface area contributed by atoms with Gasteiger partial charge in [0.25, 0.3) is 0 Å². The smallest absolute Gasteiger partial charge is 0.221 e. The fourth-order valence-electron chi connectivity index (χ4n) is 2.49. The number of hydrogen-bond donors (Lipinski definition) is 2. The number of carbonyl (C=O) groups is 1. The van der Waals surface area contributed by atoms with Gasteiger partial charge in [-0.05, 0) is 24.3 Å². The van der Waals surface area contributed by atoms with Crippen LogP contribution in [0.15, 0.2) is 47.1 Å². The number of aliphatic hydroxyl groups excluding tert-OH is 1. The summed E-state index contributed by atoms with van der Waals surface area (Å²) >= 11 is 0. The molecule has 0 aliphatic heterocycles. The van der Waals surface area contributed by atoms with Gasteiger partial charge < -0.3 is 19.6 Å². The van der Waals surface area contributed by atoms with Crippen molar-refractivity contribution in [2.75, 3.05) is 25.0 Å². The second-order valence-corrected chi connectivity index (χ2v) is 5.86. The maximum absolute atomic E-state index is 11.2. The number of nitriles is 1. The Morgan fingerprint density at radius 1 is 1.38 bits per heavy atom. The van der Waals surface area contributed by atoms with E-state index in [0.717, 1.165) is 5.76 Å². The normalized spacial score (nSPS) is 11.8. The highest BCUT2D eigenvalue weighted by molar-refractivity contribution is 5.90. The highest BCUT2D eigenvalue weighted by Crippen LogP contribution is 2.23. The molecule has 7 nitrogen and oxygen atoms in total. The number of benzene rings is 1. The monoisotopic (exact) mass is 357 g/mol. The molecule has 0 saturated carbocycles. The van der Waals surface area contributed by atoms with Crippen LogP contribution >= 0.6 is 0 Å². The molecule has 1 heterocycles. The van der Waals surface area contributed by atoms with E-state index in [0.29, 0.717) is 37.5 Å². The summed E-state index contributed by atoms with van der Waals surface area (Å²) in [6.07, 6.45) is 1.20. The van der Waals surface area contributed by atoms with Gasteiger partial charge in [0.05, 0.1) is 24.6 Å². The Hall–Kier alpha value is -2.82. The third-order valence-corrected chi connectivity index (χ3v) is 3.60. The first-order valence-electron chi connectivity index (χ1n) is 8.37. The summed E-state index contributed by atoms with van der Waals surface area (Å²) in [7, 11) is 0. The summed E-state index contributed by atoms with van der Waals surface area (Å²) in [6, 6.07) is 12.8. The van der Waals surface area contributed by atoms with Gasteiger partial charge in [0.15, 0.2) is 0 Å². The molecule has 1 unspecified atom stereocenters. The minimum atomic E-state index is -0.756. The molecule has 0 aliphatic carbocycles. The summed E-state index contributed by atoms with van der Waals surface area (Å²) in [5.41, 5.74) is 0.559. The van der Waals surface area contributed by atoms with Crippen molar-refractivity contribution in [1.82, 2.24) is 4.90 Å². The van der Waals surface area contributed by atoms with Crippen molar-refractivity contribution in [3.05, 3.63) is 48.4 Å². The van der Waals surface area contributed by atoms with Crippen LogP contribution in [0.2, 0.25) is 0 Å². The van der Waals surface area contributed by atoms with Crippen LogP contribution in [0.4, 0.5) is 5.69 Å². The molecule has 0 spiro atoms. The molecule has 0 fully saturated rings. The molecule has 2 aromatic rings. The summed E-state index contributed by atoms with van der Waals surface area (Å²) in [5.74, 6) is 1.08. The van der Waals surface area contributed by atoms with Gasteiger partial charge in [-0.15, -0.1) is 0 Å². The average molecular weight is 357 g/mol. The first-order chi connectivity index (χ1) is 12.6. The van der Waals surface area contributed by atoms with Crippen LogP contribution in [0.5, 0.6) is 5.75 Å². The quantitative estimate of drug-likeness (QED) is 0.677. The zero-order valence-corrected chi connectivity index (χ0v) is 14.7. The molecule has 26 heavy (non-hydrogen) atoms. The summed E-state index contributed by atoms with van der Waals surface area (Å²) in [6.45, 7) is 2.86. The highest BCUT2D eigenvalue weighted by Gasteiger charge is 2.15. The molecule has 2 N–H and O–H groups in total. The van der Waals surface area contributed by atoms with Crippen LogP contribution in [-0.2, 0) is 11.3 Å². The fraction of sp³-hybridized carbons (Fsp3) is 0.368. The number of nitrogens with one attached hydrogen (secondary N) is 1. The lowest BCUT2D eigenvalue weighted by molar-refractivity contribution is -0.114. The zero-order valence-electron chi connectivity index (χ0n) is 14.7. The molecule has 1 aromatic heterocycles. The molecule has 7 heteroatoms. The maximum Gasteiger partial charge on any atom is 0.221 e. The van der Waals surface area contributed by atoms with E-state index in [4.69, 9.17) is 14.4 Å². The van der Waals surface area contributed by atoms with Crippen molar-refractivity contribution in [3.63, 3.8) is 0 Å². The summed E-state index contributed by atoms with van der Waals surface area (Å²) in [4.78, 5) is 13.2. The molecule has 138 valence electrons. The van der Waals surface area contributed by atoms with Gasteiger partial charge in [0.1, 0.15) is 24.2 Å². The number of rotatable bonds is 10. The van der Waals surface area contributed by atoms with E-state index in [-0.39, 0.29) is 12.5 Å². The number of carbonyl (C=O) groups excluding carboxylic acids is 1. The minimum absolute atomic E-state index is 0.0673. The van der Waals surface area contributed by atoms with E-state index in [2.05, 4.69) is 11.4 Å². The van der Waals surface area contributed by atoms with E-state index in [1.807, 2.05) is 11.0 Å². The van der Waals surface area contributed by atoms with Crippen molar-refractivity contribution in [2.24, 2.45) is 0 Å². The molecule has 2 rings (SSSR count). The van der Waals surface area contributed by atoms with Crippen molar-refractivity contribution < 1.29 is 19.1 Å². The first kappa shape index (κ1) is 19.5. The van der Waals surface area contributed by atoms with E-state index in [1.54, 1.807) is 36.6 Å². The predicted octanol–water partition coefficient (Wildman–Crippen LogP) is 2.39. The van der Waals surface area contributed by atoms with E-state index in [1.165, 1.54) is 6.92 Å². The van der Waals surface area contributed by atoms with Crippen molar-refractivity contribution >= 4 is 11.6 Å². The Morgan fingerprint density at radius 2 is 2.19 bits per heavy atom. The van der Waals surface area contributed by atoms with Crippen molar-refractivity contribution in [1.29, 1.82) is 5.26 Å². The standard InChI is InChI=1S/C19H23N3O4/c1-15(23)21-18-7-2-3-8-19(18)26-14-16(24)12-22(10-5-9-20)13-17-6-4-11-25-17/h2-4,6-8,11,16,24H,5,10,12-14H2,1H3,(H,21,23). The number of furan rings is 1. The van der Waals surface area contributed by atoms with E-state index >= 15 is 0 Å². The molecule has 0 saturated heterocycles. The fourth-order valence-corrected chi connectivity index (χ4v) is 2.49. The number of para-hydroxylation sites is 2. The largest absolute Gasteiger partial charge is 0.489 e. The Morgan fingerprint density at radius 3 is 2.88 bits per heavy atom. The summed E-state index contributed by atoms with van der Waals surface area (Å²) < 4.78 is 11.0. The van der Waals surface area contributed by atoms with E-state index < -0.39 is 6.10 Å². The van der Waals surface area contributed by atoms with Gasteiger partial charge in [-0.2, -0.15) is 5.26 Å². The second kappa shape index (κ2) is 10.2. The minimum Gasteiger partial charge on any atom is -0.489 e. The van der Waals surface area contributed by atoms with Crippen LogP contribution in [0.1, 0.15) is 19.1 Å². The number of ether oxygens (including phenoxy) is 1. The van der Waals surface area contributed by atoms with Gasteiger partial charge in [0, 0.05) is 26.4 Å². The third-order valence-electron chi connectivity index (χ3n) is 3.60. The highest BCUT2D eigenvalue weighted by atomic mass is 16.5. The van der Waals surface area contributed by atoms with Crippen molar-refractivity contribution in [3.8, 4) is 11.8 Å². The summed E-state index contributed by atoms with van der Waals surface area (Å²) in [5, 5.41) is 21.8. The Labute approximate surface area is 152 Å². The third kappa shape index (κ3) is 6.59. The van der Waals surface area contributed by atoms with Gasteiger partial charge in [-0.1, -0.05) is 12.1 Å². The molecular formula is C19H23N3O4. The lowest BCUT2D eigenvalue weighted by Gasteiger charge is -2.23. The number of amides is 1. The zero-order chi connectivity index (χ0) is 18.8. The maximum atomic E-state index is 11.2. The number of anilines is 1. The molecule has 0 aliphatic rings. The SMILES string of the molecule is CC(=O)Nc1ccccc1OCC(O)CN(CCC#N)Cc1ccco1. The van der Waals surface area contributed by atoms with Gasteiger partial charge in [-0.3, -0.25) is 9.69 Å². The second-order valence-electron chi connectivity index (χ2n) is 5.86. The Bertz CT molecular complexity index is 725. The van der Waals surface area contributed by atoms with E-state index in [9.17, 15) is 9.90 Å². The number of aliphatic hydroxyl groups is 1. The van der Waals surface area contributed by atoms with Crippen LogP contribution in [0.3, 0.4) is 0 Å². The van der Waals surface area contributed by atoms with Gasteiger partial charge in [-0.25, -0.2) is 0 Å². The molecule has 1 aromatic carbocycles. The van der Waals surface area contributed by atoms with Crippen LogP contribution in [0, 0.1) is 11.3 Å². The average Bonchev–Trinajstić information content (AvgIpc) is 3.11. The molecule has 1 atom stereocenters. The van der Waals surface area contributed by atoms with Crippen LogP contribution in [0.25, 0.3) is 0 Å².